The molecule has 1 heterocycles. The topological polar surface area (TPSA) is 59.3 Å². The molecular weight excluding hydrogens is 401 g/mol. The van der Waals surface area contributed by atoms with E-state index in [1.165, 1.54) is 19.3 Å². The molecule has 7 heteroatoms. The van der Waals surface area contributed by atoms with Gasteiger partial charge in [0.1, 0.15) is 5.75 Å². The largest absolute Gasteiger partial charge is 0.506 e. The maximum atomic E-state index is 10.5. The number of rotatable bonds is 3. The number of nitrogens with one attached hydrogen (secondary N) is 1. The van der Waals surface area contributed by atoms with E-state index >= 15 is 0 Å². The quantitative estimate of drug-likeness (QED) is 0.780. The Labute approximate surface area is 158 Å². The number of benzene rings is 1. The van der Waals surface area contributed by atoms with Crippen molar-refractivity contribution in [3.63, 3.8) is 0 Å². The summed E-state index contributed by atoms with van der Waals surface area (Å²) in [5.41, 5.74) is 1.52. The number of hydrogen-bond donors (Lipinski definition) is 2. The molecule has 1 aromatic rings. The van der Waals surface area contributed by atoms with E-state index in [0.717, 1.165) is 31.7 Å². The summed E-state index contributed by atoms with van der Waals surface area (Å²) in [5, 5.41) is 23.1. The van der Waals surface area contributed by atoms with E-state index in [1.807, 2.05) is 6.07 Å². The Morgan fingerprint density at radius 1 is 1.26 bits per heavy atom. The Bertz CT molecular complexity index is 569. The highest BCUT2D eigenvalue weighted by Gasteiger charge is 2.35. The molecule has 0 aromatic heterocycles. The molecule has 1 saturated carbocycles. The van der Waals surface area contributed by atoms with Gasteiger partial charge >= 0.3 is 0 Å². The van der Waals surface area contributed by atoms with Crippen LogP contribution in [-0.2, 0) is 0 Å². The lowest BCUT2D eigenvalue weighted by Gasteiger charge is -2.43. The molecule has 1 saturated heterocycles. The van der Waals surface area contributed by atoms with E-state index in [9.17, 15) is 10.4 Å². The number of halogens is 3. The van der Waals surface area contributed by atoms with E-state index < -0.39 is 0 Å². The van der Waals surface area contributed by atoms with Crippen molar-refractivity contribution in [1.82, 2.24) is 10.2 Å². The molecule has 1 aliphatic heterocycles. The van der Waals surface area contributed by atoms with Crippen LogP contribution in [0.5, 0.6) is 5.75 Å². The number of phenols is 1. The lowest BCUT2D eigenvalue weighted by molar-refractivity contribution is 0.0818. The molecule has 2 fully saturated rings. The number of piperazine rings is 1. The van der Waals surface area contributed by atoms with Gasteiger partial charge in [0.25, 0.3) is 0 Å². The van der Waals surface area contributed by atoms with Crippen molar-refractivity contribution in [3.05, 3.63) is 27.7 Å². The molecule has 23 heavy (non-hydrogen) atoms. The number of aromatic hydroxyl groups is 1. The smallest absolute Gasteiger partial charge is 0.134 e. The summed E-state index contributed by atoms with van der Waals surface area (Å²) in [6, 6.07) is 5.98. The van der Waals surface area contributed by atoms with Crippen molar-refractivity contribution in [1.29, 1.82) is 5.26 Å². The number of nitrogens with zero attached hydrogens (tertiary/aromatic N) is 2. The summed E-state index contributed by atoms with van der Waals surface area (Å²) < 4.78 is 0.621. The van der Waals surface area contributed by atoms with E-state index in [0.29, 0.717) is 21.7 Å². The second-order valence-electron chi connectivity index (χ2n) is 5.93. The summed E-state index contributed by atoms with van der Waals surface area (Å²) >= 11 is 3.39. The van der Waals surface area contributed by atoms with Crippen LogP contribution in [-0.4, -0.2) is 36.2 Å². The second-order valence-corrected chi connectivity index (χ2v) is 6.78. The fourth-order valence-corrected chi connectivity index (χ4v) is 3.85. The highest BCUT2D eigenvalue weighted by molar-refractivity contribution is 9.10. The van der Waals surface area contributed by atoms with Crippen LogP contribution in [0.25, 0.3) is 0 Å². The minimum absolute atomic E-state index is 0. The Hall–Kier alpha value is -0.510. The Kier molecular flexibility index (Phi) is 8.12. The Balaban J connectivity index is 0.00000132. The molecule has 1 aliphatic carbocycles. The van der Waals surface area contributed by atoms with E-state index in [-0.39, 0.29) is 30.9 Å². The minimum atomic E-state index is 0. The normalized spacial score (nSPS) is 19.7. The fraction of sp³-hybridized carbons (Fsp3) is 0.562. The van der Waals surface area contributed by atoms with Crippen LogP contribution in [0.15, 0.2) is 16.6 Å². The fourth-order valence-electron chi connectivity index (χ4n) is 3.37. The molecule has 0 bridgehead atoms. The van der Waals surface area contributed by atoms with Gasteiger partial charge in [-0.25, -0.2) is 0 Å². The van der Waals surface area contributed by atoms with Gasteiger partial charge in [-0.2, -0.15) is 5.26 Å². The molecule has 1 aromatic carbocycles. The minimum Gasteiger partial charge on any atom is -0.506 e. The lowest BCUT2D eigenvalue weighted by Crippen LogP contribution is -2.47. The number of phenolic OH excluding ortho intramolecular Hbond substituents is 1. The first-order chi connectivity index (χ1) is 10.2. The molecule has 4 nitrogen and oxygen atoms in total. The summed E-state index contributed by atoms with van der Waals surface area (Å²) in [6.45, 7) is 3.97. The average molecular weight is 423 g/mol. The van der Waals surface area contributed by atoms with Crippen molar-refractivity contribution in [2.45, 2.75) is 25.3 Å². The predicted octanol–water partition coefficient (Wildman–Crippen LogP) is 3.62. The molecule has 0 radical (unpaired) electrons. The van der Waals surface area contributed by atoms with Gasteiger partial charge in [-0.15, -0.1) is 24.8 Å². The Morgan fingerprint density at radius 3 is 2.43 bits per heavy atom. The molecule has 0 spiro atoms. The van der Waals surface area contributed by atoms with Gasteiger partial charge in [0.2, 0.25) is 0 Å². The molecular formula is C16H22BrCl2N3O. The van der Waals surface area contributed by atoms with Crippen molar-refractivity contribution in [3.8, 4) is 11.8 Å². The summed E-state index contributed by atoms with van der Waals surface area (Å²) in [7, 11) is 0. The van der Waals surface area contributed by atoms with Crippen LogP contribution in [0.2, 0.25) is 0 Å². The van der Waals surface area contributed by atoms with Gasteiger partial charge < -0.3 is 10.4 Å². The van der Waals surface area contributed by atoms with Crippen molar-refractivity contribution < 1.29 is 5.11 Å². The third-order valence-corrected chi connectivity index (χ3v) is 5.29. The van der Waals surface area contributed by atoms with Crippen molar-refractivity contribution in [2.24, 2.45) is 5.92 Å². The molecule has 128 valence electrons. The molecule has 2 aliphatic rings. The van der Waals surface area contributed by atoms with E-state index in [2.05, 4.69) is 32.2 Å². The van der Waals surface area contributed by atoms with Crippen LogP contribution < -0.4 is 5.32 Å². The maximum Gasteiger partial charge on any atom is 0.134 e. The third kappa shape index (κ3) is 4.32. The van der Waals surface area contributed by atoms with Gasteiger partial charge in [0, 0.05) is 37.8 Å². The summed E-state index contributed by atoms with van der Waals surface area (Å²) in [5.74, 6) is 0.888. The highest BCUT2D eigenvalue weighted by Crippen LogP contribution is 2.46. The Morgan fingerprint density at radius 2 is 1.91 bits per heavy atom. The van der Waals surface area contributed by atoms with Crippen LogP contribution in [0, 0.1) is 17.2 Å². The van der Waals surface area contributed by atoms with Crippen LogP contribution in [0.3, 0.4) is 0 Å². The molecule has 0 unspecified atom stereocenters. The predicted molar refractivity (Wildman–Crippen MR) is 99.5 cm³/mol. The van der Waals surface area contributed by atoms with Crippen molar-refractivity contribution in [2.75, 3.05) is 26.2 Å². The monoisotopic (exact) mass is 421 g/mol. The maximum absolute atomic E-state index is 10.5. The first kappa shape index (κ1) is 20.5. The average Bonchev–Trinajstić information content (AvgIpc) is 2.46. The van der Waals surface area contributed by atoms with Gasteiger partial charge in [-0.1, -0.05) is 6.42 Å². The third-order valence-electron chi connectivity index (χ3n) is 4.68. The van der Waals surface area contributed by atoms with Gasteiger partial charge in [0.15, 0.2) is 0 Å². The molecule has 1 atom stereocenters. The van der Waals surface area contributed by atoms with E-state index in [1.54, 1.807) is 6.07 Å². The highest BCUT2D eigenvalue weighted by atomic mass is 79.9. The summed E-state index contributed by atoms with van der Waals surface area (Å²) in [6.07, 6.45) is 3.69. The molecule has 3 rings (SSSR count). The first-order valence-electron chi connectivity index (χ1n) is 7.58. The zero-order chi connectivity index (χ0) is 14.8. The molecule has 2 N–H and O–H groups in total. The number of hydrogen-bond acceptors (Lipinski definition) is 4. The zero-order valence-corrected chi connectivity index (χ0v) is 16.0. The lowest BCUT2D eigenvalue weighted by atomic mass is 9.76. The van der Waals surface area contributed by atoms with E-state index in [4.69, 9.17) is 0 Å². The van der Waals surface area contributed by atoms with Crippen LogP contribution in [0.1, 0.15) is 36.4 Å². The number of nitriles is 1. The SMILES string of the molecule is Cl.Cl.N#Cc1cc(Br)c(O)c([C@@H](C2CCC2)N2CCNCC2)c1. The molecule has 0 amide bonds. The van der Waals surface area contributed by atoms with Gasteiger partial charge in [0.05, 0.1) is 16.1 Å². The van der Waals surface area contributed by atoms with Gasteiger partial charge in [-0.3, -0.25) is 4.90 Å². The van der Waals surface area contributed by atoms with Crippen LogP contribution >= 0.6 is 40.7 Å². The first-order valence-corrected chi connectivity index (χ1v) is 8.37. The zero-order valence-electron chi connectivity index (χ0n) is 12.8. The van der Waals surface area contributed by atoms with Crippen molar-refractivity contribution >= 4 is 40.7 Å². The second kappa shape index (κ2) is 9.10. The van der Waals surface area contributed by atoms with Gasteiger partial charge in [-0.05, 0) is 46.8 Å². The summed E-state index contributed by atoms with van der Waals surface area (Å²) in [4.78, 5) is 2.46. The standard InChI is InChI=1S/C16H20BrN3O.2ClH/c17-14-9-11(10-18)8-13(16(14)21)15(12-2-1-3-12)20-6-4-19-5-7-20;;/h8-9,12,15,19,21H,1-7H2;2*1H/t15-;;/m1../s1. The van der Waals surface area contributed by atoms with Crippen LogP contribution in [0.4, 0.5) is 0 Å².